The maximum Gasteiger partial charge on any atom is 0.114 e. The molecule has 0 amide bonds. The summed E-state index contributed by atoms with van der Waals surface area (Å²) in [7, 11) is 0. The van der Waals surface area contributed by atoms with Gasteiger partial charge in [0.15, 0.2) is 0 Å². The Labute approximate surface area is 119 Å². The quantitative estimate of drug-likeness (QED) is 0.737. The van der Waals surface area contributed by atoms with Crippen molar-refractivity contribution < 1.29 is 0 Å². The van der Waals surface area contributed by atoms with E-state index in [9.17, 15) is 0 Å². The van der Waals surface area contributed by atoms with Crippen molar-refractivity contribution in [1.29, 1.82) is 0 Å². The van der Waals surface area contributed by atoms with Crippen LogP contribution >= 0.6 is 0 Å². The summed E-state index contributed by atoms with van der Waals surface area (Å²) in [6, 6.07) is 20.8. The highest BCUT2D eigenvalue weighted by Crippen LogP contribution is 2.27. The van der Waals surface area contributed by atoms with Crippen LogP contribution < -0.4 is 0 Å². The number of aromatic nitrogens is 2. The third kappa shape index (κ3) is 2.37. The van der Waals surface area contributed by atoms with Crippen molar-refractivity contribution in [1.82, 2.24) is 9.97 Å². The van der Waals surface area contributed by atoms with E-state index in [1.807, 2.05) is 24.3 Å². The van der Waals surface area contributed by atoms with Crippen LogP contribution in [0.5, 0.6) is 0 Å². The highest BCUT2D eigenvalue weighted by atomic mass is 14.9. The normalized spacial score (nSPS) is 12.3. The SMILES string of the molecule is Cc1[nH]c(C(C)c2ccccc2)nc1-c1ccccc1. The summed E-state index contributed by atoms with van der Waals surface area (Å²) in [5, 5.41) is 0. The average molecular weight is 262 g/mol. The molecule has 2 nitrogen and oxygen atoms in total. The molecule has 0 saturated heterocycles. The number of imidazole rings is 1. The van der Waals surface area contributed by atoms with E-state index in [0.29, 0.717) is 0 Å². The predicted molar refractivity (Wildman–Crippen MR) is 82.7 cm³/mol. The first-order chi connectivity index (χ1) is 9.75. The zero-order chi connectivity index (χ0) is 13.9. The molecule has 0 bridgehead atoms. The van der Waals surface area contributed by atoms with E-state index < -0.39 is 0 Å². The molecular formula is C18H18N2. The fourth-order valence-corrected chi connectivity index (χ4v) is 2.47. The van der Waals surface area contributed by atoms with E-state index in [4.69, 9.17) is 4.98 Å². The molecule has 100 valence electrons. The fraction of sp³-hybridized carbons (Fsp3) is 0.167. The van der Waals surface area contributed by atoms with E-state index >= 15 is 0 Å². The number of hydrogen-bond donors (Lipinski definition) is 1. The Hall–Kier alpha value is -2.35. The Balaban J connectivity index is 1.97. The molecule has 0 saturated carbocycles. The number of nitrogens with one attached hydrogen (secondary N) is 1. The van der Waals surface area contributed by atoms with E-state index in [1.165, 1.54) is 5.56 Å². The van der Waals surface area contributed by atoms with Crippen LogP contribution in [0.4, 0.5) is 0 Å². The van der Waals surface area contributed by atoms with Crippen molar-refractivity contribution in [3.05, 3.63) is 77.7 Å². The van der Waals surface area contributed by atoms with Gasteiger partial charge in [0.2, 0.25) is 0 Å². The lowest BCUT2D eigenvalue weighted by Crippen LogP contribution is -1.98. The highest BCUT2D eigenvalue weighted by Gasteiger charge is 2.15. The van der Waals surface area contributed by atoms with Crippen LogP contribution in [0.1, 0.15) is 29.9 Å². The van der Waals surface area contributed by atoms with Gasteiger partial charge in [-0.2, -0.15) is 0 Å². The molecule has 3 rings (SSSR count). The summed E-state index contributed by atoms with van der Waals surface area (Å²) < 4.78 is 0. The Bertz CT molecular complexity index is 684. The van der Waals surface area contributed by atoms with Crippen molar-refractivity contribution in [2.75, 3.05) is 0 Å². The van der Waals surface area contributed by atoms with Gasteiger partial charge in [-0.1, -0.05) is 67.6 Å². The lowest BCUT2D eigenvalue weighted by Gasteiger charge is -2.08. The molecule has 0 aliphatic carbocycles. The number of rotatable bonds is 3. The number of benzene rings is 2. The molecule has 2 aromatic carbocycles. The van der Waals surface area contributed by atoms with E-state index in [2.05, 4.69) is 55.2 Å². The Morgan fingerprint density at radius 1 is 0.900 bits per heavy atom. The van der Waals surface area contributed by atoms with Gasteiger partial charge in [-0.15, -0.1) is 0 Å². The Morgan fingerprint density at radius 2 is 1.50 bits per heavy atom. The van der Waals surface area contributed by atoms with Gasteiger partial charge in [0, 0.05) is 17.2 Å². The van der Waals surface area contributed by atoms with Crippen LogP contribution in [0.15, 0.2) is 60.7 Å². The van der Waals surface area contributed by atoms with Crippen LogP contribution in [-0.4, -0.2) is 9.97 Å². The summed E-state index contributed by atoms with van der Waals surface area (Å²) >= 11 is 0. The van der Waals surface area contributed by atoms with Crippen molar-refractivity contribution in [3.8, 4) is 11.3 Å². The topological polar surface area (TPSA) is 28.7 Å². The van der Waals surface area contributed by atoms with Gasteiger partial charge in [-0.25, -0.2) is 4.98 Å². The van der Waals surface area contributed by atoms with Gasteiger partial charge in [0.25, 0.3) is 0 Å². The molecule has 1 aromatic heterocycles. The first kappa shape index (κ1) is 12.7. The minimum atomic E-state index is 0.271. The molecule has 0 aliphatic heterocycles. The summed E-state index contributed by atoms with van der Waals surface area (Å²) in [6.45, 7) is 4.26. The maximum atomic E-state index is 4.80. The lowest BCUT2D eigenvalue weighted by molar-refractivity contribution is 0.837. The predicted octanol–water partition coefficient (Wildman–Crippen LogP) is 4.54. The zero-order valence-electron chi connectivity index (χ0n) is 11.8. The van der Waals surface area contributed by atoms with Crippen LogP contribution in [-0.2, 0) is 0 Å². The Morgan fingerprint density at radius 3 is 2.15 bits per heavy atom. The standard InChI is InChI=1S/C18H18N2/c1-13(15-9-5-3-6-10-15)18-19-14(2)17(20-18)16-11-7-4-8-12-16/h3-13H,1-2H3,(H,19,20). The number of hydrogen-bond acceptors (Lipinski definition) is 1. The smallest absolute Gasteiger partial charge is 0.114 e. The zero-order valence-corrected chi connectivity index (χ0v) is 11.8. The molecule has 0 aliphatic rings. The Kier molecular flexibility index (Phi) is 3.38. The maximum absolute atomic E-state index is 4.80. The van der Waals surface area contributed by atoms with Gasteiger partial charge in [0.05, 0.1) is 5.69 Å². The van der Waals surface area contributed by atoms with Crippen LogP contribution in [0.2, 0.25) is 0 Å². The fourth-order valence-electron chi connectivity index (χ4n) is 2.47. The monoisotopic (exact) mass is 262 g/mol. The third-order valence-electron chi connectivity index (χ3n) is 3.66. The highest BCUT2D eigenvalue weighted by molar-refractivity contribution is 5.61. The second-order valence-corrected chi connectivity index (χ2v) is 5.09. The van der Waals surface area contributed by atoms with Crippen molar-refractivity contribution in [2.24, 2.45) is 0 Å². The van der Waals surface area contributed by atoms with Crippen molar-refractivity contribution in [3.63, 3.8) is 0 Å². The first-order valence-corrected chi connectivity index (χ1v) is 6.92. The van der Waals surface area contributed by atoms with E-state index in [1.54, 1.807) is 0 Å². The molecule has 1 heterocycles. The van der Waals surface area contributed by atoms with E-state index in [0.717, 1.165) is 22.8 Å². The van der Waals surface area contributed by atoms with Crippen LogP contribution in [0.25, 0.3) is 11.3 Å². The van der Waals surface area contributed by atoms with Gasteiger partial charge in [-0.05, 0) is 12.5 Å². The van der Waals surface area contributed by atoms with Gasteiger partial charge in [-0.3, -0.25) is 0 Å². The van der Waals surface area contributed by atoms with Crippen LogP contribution in [0.3, 0.4) is 0 Å². The molecule has 1 N–H and O–H groups in total. The summed E-state index contributed by atoms with van der Waals surface area (Å²) in [4.78, 5) is 8.23. The van der Waals surface area contributed by atoms with Crippen molar-refractivity contribution >= 4 is 0 Å². The minimum absolute atomic E-state index is 0.271. The average Bonchev–Trinajstić information content (AvgIpc) is 2.90. The van der Waals surface area contributed by atoms with Gasteiger partial charge >= 0.3 is 0 Å². The molecule has 0 spiro atoms. The van der Waals surface area contributed by atoms with Crippen LogP contribution in [0, 0.1) is 6.92 Å². The summed E-state index contributed by atoms with van der Waals surface area (Å²) in [6.07, 6.45) is 0. The minimum Gasteiger partial charge on any atom is -0.345 e. The van der Waals surface area contributed by atoms with Crippen molar-refractivity contribution in [2.45, 2.75) is 19.8 Å². The lowest BCUT2D eigenvalue weighted by atomic mass is 10.0. The largest absolute Gasteiger partial charge is 0.345 e. The molecule has 0 fully saturated rings. The molecule has 20 heavy (non-hydrogen) atoms. The van der Waals surface area contributed by atoms with Gasteiger partial charge in [0.1, 0.15) is 5.82 Å². The number of aromatic amines is 1. The molecule has 1 atom stereocenters. The second kappa shape index (κ2) is 5.33. The number of H-pyrrole nitrogens is 1. The van der Waals surface area contributed by atoms with Gasteiger partial charge < -0.3 is 4.98 Å². The molecule has 0 radical (unpaired) electrons. The second-order valence-electron chi connectivity index (χ2n) is 5.09. The third-order valence-corrected chi connectivity index (χ3v) is 3.66. The summed E-state index contributed by atoms with van der Waals surface area (Å²) in [5.74, 6) is 1.29. The molecule has 1 unspecified atom stereocenters. The molecule has 3 aromatic rings. The first-order valence-electron chi connectivity index (χ1n) is 6.92. The molecule has 2 heteroatoms. The molecular weight excluding hydrogens is 244 g/mol. The van der Waals surface area contributed by atoms with E-state index in [-0.39, 0.29) is 5.92 Å². The number of aryl methyl sites for hydroxylation is 1. The summed E-state index contributed by atoms with van der Waals surface area (Å²) in [5.41, 5.74) is 4.60. The number of nitrogens with zero attached hydrogens (tertiary/aromatic N) is 1.